The molecule has 6 saturated heterocycles. The zero-order valence-electron chi connectivity index (χ0n) is 79.1. The summed E-state index contributed by atoms with van der Waals surface area (Å²) in [5.41, 5.74) is 0.0671. The Kier molecular flexibility index (Phi) is 104. The molecule has 1 aliphatic carbocycles. The van der Waals surface area contributed by atoms with Crippen molar-refractivity contribution in [1.29, 1.82) is 0 Å². The van der Waals surface area contributed by atoms with Gasteiger partial charge in [0.1, 0.15) is 12.7 Å². The summed E-state index contributed by atoms with van der Waals surface area (Å²) < 4.78 is 12.7. The Morgan fingerprint density at radius 1 is 0.364 bits per heavy atom. The van der Waals surface area contributed by atoms with Crippen LogP contribution < -0.4 is 5.56 Å². The first-order chi connectivity index (χ1) is 50.8. The topological polar surface area (TPSA) is 120 Å². The highest BCUT2D eigenvalue weighted by Crippen LogP contribution is 2.45. The quantitative estimate of drug-likeness (QED) is 0.150. The molecule has 11 rings (SSSR count). The number of piperidine rings is 2. The molecule has 6 aliphatic heterocycles. The lowest BCUT2D eigenvalue weighted by atomic mass is 10.1. The van der Waals surface area contributed by atoms with Crippen molar-refractivity contribution in [3.63, 3.8) is 0 Å². The van der Waals surface area contributed by atoms with Crippen molar-refractivity contribution in [1.82, 2.24) is 73.0 Å². The highest BCUT2D eigenvalue weighted by atomic mass is 16.5. The van der Waals surface area contributed by atoms with Gasteiger partial charge in [-0.15, -0.1) is 0 Å². The molecular formula is C90H197N15O2. The summed E-state index contributed by atoms with van der Waals surface area (Å²) in [6, 6.07) is 14.4. The number of pyridine rings is 1. The molecule has 0 spiro atoms. The van der Waals surface area contributed by atoms with E-state index >= 15 is 0 Å². The first-order valence-electron chi connectivity index (χ1n) is 44.0. The van der Waals surface area contributed by atoms with E-state index in [1.807, 2.05) is 188 Å². The smallest absolute Gasteiger partial charge is 0.250 e. The number of hydrogen-bond acceptors (Lipinski definition) is 13. The lowest BCUT2D eigenvalue weighted by Gasteiger charge is -2.34. The summed E-state index contributed by atoms with van der Waals surface area (Å²) in [4.78, 5) is 36.3. The summed E-state index contributed by atoms with van der Waals surface area (Å²) in [5.74, 6) is 1.10. The molecular weight excluding hydrogens is 1320 g/mol. The van der Waals surface area contributed by atoms with Crippen LogP contribution in [-0.4, -0.2) is 221 Å². The van der Waals surface area contributed by atoms with Gasteiger partial charge in [0.2, 0.25) is 0 Å². The average Bonchev–Trinajstić information content (AvgIpc) is 1.62. The van der Waals surface area contributed by atoms with E-state index in [-0.39, 0.29) is 19.0 Å². The SMILES string of the molecule is C.CC.CC.CC.CC.CC.CC.CC.CC.CC.CC.CC(C)N1CCC1.CC(C)N1CCC2CC21.CC(C)N1CCCC1.CC(C)N1CCCCC1.CC(C)N1CCN(C)CC1.CC(C)N1CCOCC1.CC(C)n1ccccc1=O.CC(C)n1cccn1.CC(C)n1ccnc1.CC(C)n1cncn1. The molecule has 7 aliphatic rings. The molecule has 107 heavy (non-hydrogen) atoms. The highest BCUT2D eigenvalue weighted by Gasteiger charge is 2.47. The van der Waals surface area contributed by atoms with Gasteiger partial charge in [-0.1, -0.05) is 158 Å². The molecule has 0 bridgehead atoms. The normalized spacial score (nSPS) is 16.7. The van der Waals surface area contributed by atoms with Crippen molar-refractivity contribution in [3.05, 3.63) is 84.6 Å². The van der Waals surface area contributed by atoms with Gasteiger partial charge in [-0.3, -0.25) is 28.9 Å². The number of piperazine rings is 1. The number of nitrogens with zero attached hydrogens (tertiary/aromatic N) is 15. The van der Waals surface area contributed by atoms with Gasteiger partial charge in [0, 0.05) is 143 Å². The number of likely N-dealkylation sites (tertiary alicyclic amines) is 4. The molecule has 2 unspecified atom stereocenters. The zero-order valence-corrected chi connectivity index (χ0v) is 79.1. The van der Waals surface area contributed by atoms with E-state index in [4.69, 9.17) is 4.74 Å². The second-order valence-electron chi connectivity index (χ2n) is 27.1. The molecule has 4 aromatic rings. The highest BCUT2D eigenvalue weighted by molar-refractivity contribution is 5.02. The maximum absolute atomic E-state index is 11.0. The van der Waals surface area contributed by atoms with Crippen molar-refractivity contribution in [2.75, 3.05) is 105 Å². The molecule has 0 aromatic carbocycles. The van der Waals surface area contributed by atoms with Crippen LogP contribution in [0.2, 0.25) is 0 Å². The van der Waals surface area contributed by atoms with Crippen molar-refractivity contribution in [2.45, 2.75) is 402 Å². The summed E-state index contributed by atoms with van der Waals surface area (Å²) in [5, 5.41) is 7.95. The Morgan fingerprint density at radius 3 is 0.981 bits per heavy atom. The Labute approximate surface area is 672 Å². The number of rotatable bonds is 10. The largest absolute Gasteiger partial charge is 0.379 e. The van der Waals surface area contributed by atoms with Gasteiger partial charge in [0.25, 0.3) is 5.56 Å². The van der Waals surface area contributed by atoms with Gasteiger partial charge in [0.05, 0.1) is 19.5 Å². The molecule has 0 amide bonds. The number of aromatic nitrogens is 8. The van der Waals surface area contributed by atoms with Gasteiger partial charge >= 0.3 is 0 Å². The zero-order chi connectivity index (χ0) is 84.1. The maximum atomic E-state index is 11.0. The fourth-order valence-corrected chi connectivity index (χ4v) is 10.6. The van der Waals surface area contributed by atoms with E-state index in [2.05, 4.69) is 191 Å². The van der Waals surface area contributed by atoms with E-state index in [0.29, 0.717) is 24.2 Å². The molecule has 4 aromatic heterocycles. The number of hydrogen-bond donors (Lipinski definition) is 0. The van der Waals surface area contributed by atoms with Crippen LogP contribution in [0.1, 0.15) is 360 Å². The molecule has 644 valence electrons. The fraction of sp³-hybridized carbons (Fsp3) is 0.856. The molecule has 0 radical (unpaired) electrons. The lowest BCUT2D eigenvalue weighted by molar-refractivity contribution is 0.0238. The van der Waals surface area contributed by atoms with Gasteiger partial charge < -0.3 is 33.5 Å². The van der Waals surface area contributed by atoms with E-state index in [0.717, 1.165) is 68.5 Å². The third kappa shape index (κ3) is 68.7. The minimum absolute atomic E-state index is 0. The van der Waals surface area contributed by atoms with Crippen LogP contribution in [0.25, 0.3) is 0 Å². The Bertz CT molecular complexity index is 2070. The first kappa shape index (κ1) is 124. The molecule has 17 nitrogen and oxygen atoms in total. The van der Waals surface area contributed by atoms with Crippen LogP contribution in [0.3, 0.4) is 0 Å². The predicted molar refractivity (Wildman–Crippen MR) is 485 cm³/mol. The monoisotopic (exact) mass is 1520 g/mol. The standard InChI is InChI=1S/C8H18N2.C8H11NO.C8H15N.C8H17N.C7H15NO.C7H15N.2C6H10N2.C6H13N.C5H9N3.10C2H6.CH4/c1-8(2)10-6-4-9(3)5-7-10;1-7(2)9-6-4-3-5-8(9)10;1-6(2)9-4-3-7-5-8(7)9;1-8(2)9-6-4-3-5-7-9;1-7(2)8-3-5-9-6-4-8;1-7(2)8-5-3-4-6-8;1-6(2)8-4-3-7-5-8;1-6(2)8-5-3-4-7-8;1-6(2)7-4-3-5-7;1-5(2)8-4-6-3-7-8;10*1-2;/h8H,4-7H2,1-3H3;3-7H,1-2H3;6-8H,3-5H2,1-2H3;8H,3-7H2,1-2H3;7H,3-6H2,1-2H3;7H,3-6H2,1-2H3;2*3-6H,1-2H3;6H,3-5H2,1-2H3;3-5H,1-2H3;10*1-2H3;1H4. The number of imidazole rings is 1. The Morgan fingerprint density at radius 2 is 0.766 bits per heavy atom. The molecule has 17 heteroatoms. The van der Waals surface area contributed by atoms with E-state index < -0.39 is 0 Å². The Balaban J connectivity index is -0.000000119. The van der Waals surface area contributed by atoms with Crippen molar-refractivity contribution in [3.8, 4) is 0 Å². The molecule has 7 fully saturated rings. The summed E-state index contributed by atoms with van der Waals surface area (Å²) in [6.45, 7) is 102. The van der Waals surface area contributed by atoms with Crippen molar-refractivity contribution < 1.29 is 4.74 Å². The predicted octanol–water partition coefficient (Wildman–Crippen LogP) is 23.4. The second-order valence-corrected chi connectivity index (χ2v) is 27.1. The number of ether oxygens (including phenoxy) is 1. The maximum Gasteiger partial charge on any atom is 0.250 e. The lowest BCUT2D eigenvalue weighted by Crippen LogP contribution is -2.47. The summed E-state index contributed by atoms with van der Waals surface area (Å²) in [7, 11) is 2.19. The van der Waals surface area contributed by atoms with Gasteiger partial charge in [-0.25, -0.2) is 9.97 Å². The van der Waals surface area contributed by atoms with Gasteiger partial charge in [-0.05, 0) is 254 Å². The van der Waals surface area contributed by atoms with Crippen LogP contribution in [0.4, 0.5) is 0 Å². The van der Waals surface area contributed by atoms with Crippen molar-refractivity contribution >= 4 is 0 Å². The average molecular weight is 1520 g/mol. The van der Waals surface area contributed by atoms with Gasteiger partial charge in [0.15, 0.2) is 0 Å². The molecule has 10 heterocycles. The first-order valence-corrected chi connectivity index (χ1v) is 44.0. The number of morpholine rings is 1. The third-order valence-corrected chi connectivity index (χ3v) is 16.9. The second kappa shape index (κ2) is 89.4. The van der Waals surface area contributed by atoms with Crippen LogP contribution in [0, 0.1) is 5.92 Å². The van der Waals surface area contributed by atoms with Crippen molar-refractivity contribution in [2.24, 2.45) is 5.92 Å². The Hall–Kier alpha value is -3.81. The third-order valence-electron chi connectivity index (χ3n) is 16.9. The summed E-state index contributed by atoms with van der Waals surface area (Å²) in [6.07, 6.45) is 25.9. The minimum atomic E-state index is 0. The van der Waals surface area contributed by atoms with Gasteiger partial charge in [-0.2, -0.15) is 10.2 Å². The molecule has 1 saturated carbocycles. The molecule has 0 N–H and O–H groups in total. The number of likely N-dealkylation sites (N-methyl/N-ethyl adjacent to an activating group) is 1. The van der Waals surface area contributed by atoms with Crippen LogP contribution in [-0.2, 0) is 4.74 Å². The fourth-order valence-electron chi connectivity index (χ4n) is 10.6. The van der Waals surface area contributed by atoms with Crippen LogP contribution in [0.15, 0.2) is 79.0 Å². The van der Waals surface area contributed by atoms with E-state index in [1.165, 1.54) is 123 Å². The van der Waals surface area contributed by atoms with E-state index in [9.17, 15) is 4.79 Å². The minimum Gasteiger partial charge on any atom is -0.379 e. The summed E-state index contributed by atoms with van der Waals surface area (Å²) >= 11 is 0. The number of fused-ring (bicyclic) bond motifs is 1. The van der Waals surface area contributed by atoms with Crippen LogP contribution >= 0.6 is 0 Å². The van der Waals surface area contributed by atoms with Crippen LogP contribution in [0.5, 0.6) is 0 Å². The van der Waals surface area contributed by atoms with E-state index in [1.54, 1.807) is 52.6 Å². The molecule has 2 atom stereocenters.